The van der Waals surface area contributed by atoms with Gasteiger partial charge in [-0.1, -0.05) is 12.1 Å². The molecule has 0 spiro atoms. The highest BCUT2D eigenvalue weighted by Crippen LogP contribution is 2.29. The molecule has 0 bridgehead atoms. The fraction of sp³-hybridized carbons (Fsp3) is 0.545. The second kappa shape index (κ2) is 10.8. The van der Waals surface area contributed by atoms with Gasteiger partial charge in [-0.2, -0.15) is 28.1 Å². The highest BCUT2D eigenvalue weighted by Gasteiger charge is 2.29. The molecule has 3 N–H and O–H groups in total. The predicted octanol–water partition coefficient (Wildman–Crippen LogP) is 2.26. The van der Waals surface area contributed by atoms with Gasteiger partial charge in [0.05, 0.1) is 12.8 Å². The van der Waals surface area contributed by atoms with Crippen molar-refractivity contribution in [1.29, 1.82) is 0 Å². The van der Waals surface area contributed by atoms with Crippen molar-refractivity contribution >= 4 is 29.4 Å². The van der Waals surface area contributed by atoms with E-state index in [-0.39, 0.29) is 23.8 Å². The lowest BCUT2D eigenvalue weighted by molar-refractivity contribution is -0.121. The minimum atomic E-state index is -4.43. The Hall–Kier alpha value is -3.51. The Labute approximate surface area is 201 Å². The fourth-order valence-electron chi connectivity index (χ4n) is 4.10. The number of aromatic nitrogens is 3. The van der Waals surface area contributed by atoms with Gasteiger partial charge >= 0.3 is 6.18 Å². The van der Waals surface area contributed by atoms with Crippen molar-refractivity contribution in [1.82, 2.24) is 20.3 Å². The number of alkyl halides is 3. The molecule has 2 fully saturated rings. The summed E-state index contributed by atoms with van der Waals surface area (Å²) in [6.07, 6.45) is -2.16. The maximum Gasteiger partial charge on any atom is 0.405 e. The molecule has 1 amide bonds. The molecular formula is C22H29F3N8O2. The van der Waals surface area contributed by atoms with E-state index in [4.69, 9.17) is 4.74 Å². The van der Waals surface area contributed by atoms with Crippen LogP contribution >= 0.6 is 0 Å². The monoisotopic (exact) mass is 494 g/mol. The maximum absolute atomic E-state index is 12.8. The minimum absolute atomic E-state index is 0.0638. The molecule has 3 heterocycles. The SMILES string of the molecule is COc1ccccc1N1CCN(c2nc(NCC(F)(F)F)nc(NC3CCCCNC3=O)n2)CC1. The van der Waals surface area contributed by atoms with E-state index < -0.39 is 18.8 Å². The molecule has 0 saturated carbocycles. The maximum atomic E-state index is 12.8. The number of hydrogen-bond acceptors (Lipinski definition) is 9. The first-order valence-corrected chi connectivity index (χ1v) is 11.6. The molecule has 2 aliphatic heterocycles. The van der Waals surface area contributed by atoms with Gasteiger partial charge in [-0.15, -0.1) is 0 Å². The fourth-order valence-corrected chi connectivity index (χ4v) is 4.10. The van der Waals surface area contributed by atoms with Gasteiger partial charge in [0.25, 0.3) is 0 Å². The topological polar surface area (TPSA) is 108 Å². The quantitative estimate of drug-likeness (QED) is 0.534. The number of rotatable bonds is 7. The summed E-state index contributed by atoms with van der Waals surface area (Å²) in [5.41, 5.74) is 0.972. The summed E-state index contributed by atoms with van der Waals surface area (Å²) in [7, 11) is 1.62. The molecule has 1 atom stereocenters. The van der Waals surface area contributed by atoms with Gasteiger partial charge < -0.3 is 30.5 Å². The number of benzene rings is 1. The van der Waals surface area contributed by atoms with Gasteiger partial charge in [-0.3, -0.25) is 4.79 Å². The second-order valence-electron chi connectivity index (χ2n) is 8.38. The van der Waals surface area contributed by atoms with Crippen LogP contribution in [0.1, 0.15) is 19.3 Å². The summed E-state index contributed by atoms with van der Waals surface area (Å²) in [5, 5.41) is 8.04. The molecule has 0 aliphatic carbocycles. The summed E-state index contributed by atoms with van der Waals surface area (Å²) in [6.45, 7) is 1.69. The van der Waals surface area contributed by atoms with E-state index >= 15 is 0 Å². The smallest absolute Gasteiger partial charge is 0.405 e. The minimum Gasteiger partial charge on any atom is -0.495 e. The van der Waals surface area contributed by atoms with Crippen molar-refractivity contribution in [3.8, 4) is 5.75 Å². The van der Waals surface area contributed by atoms with Gasteiger partial charge in [0, 0.05) is 32.7 Å². The third-order valence-corrected chi connectivity index (χ3v) is 5.90. The molecule has 190 valence electrons. The zero-order chi connectivity index (χ0) is 24.8. The molecule has 1 unspecified atom stereocenters. The summed E-state index contributed by atoms with van der Waals surface area (Å²) < 4.78 is 43.9. The van der Waals surface area contributed by atoms with Gasteiger partial charge in [0.15, 0.2) is 0 Å². The molecular weight excluding hydrogens is 465 g/mol. The lowest BCUT2D eigenvalue weighted by Gasteiger charge is -2.36. The number of carbonyl (C=O) groups is 1. The van der Waals surface area contributed by atoms with Gasteiger partial charge in [-0.05, 0) is 31.4 Å². The van der Waals surface area contributed by atoms with Crippen molar-refractivity contribution in [2.24, 2.45) is 0 Å². The molecule has 2 aliphatic rings. The van der Waals surface area contributed by atoms with Crippen LogP contribution in [-0.2, 0) is 4.79 Å². The number of nitrogens with one attached hydrogen (secondary N) is 3. The highest BCUT2D eigenvalue weighted by atomic mass is 19.4. The third kappa shape index (κ3) is 6.55. The van der Waals surface area contributed by atoms with E-state index in [0.717, 1.165) is 24.3 Å². The largest absolute Gasteiger partial charge is 0.495 e. The number of halogens is 3. The van der Waals surface area contributed by atoms with Crippen LogP contribution in [0.3, 0.4) is 0 Å². The van der Waals surface area contributed by atoms with Crippen LogP contribution in [-0.4, -0.2) is 79.5 Å². The van der Waals surface area contributed by atoms with Crippen molar-refractivity contribution in [3.63, 3.8) is 0 Å². The molecule has 35 heavy (non-hydrogen) atoms. The number of piperazine rings is 1. The number of hydrogen-bond donors (Lipinski definition) is 3. The lowest BCUT2D eigenvalue weighted by Crippen LogP contribution is -2.47. The van der Waals surface area contributed by atoms with Crippen molar-refractivity contribution in [2.75, 3.05) is 66.8 Å². The third-order valence-electron chi connectivity index (χ3n) is 5.90. The molecule has 10 nitrogen and oxygen atoms in total. The average molecular weight is 495 g/mol. The zero-order valence-electron chi connectivity index (χ0n) is 19.4. The lowest BCUT2D eigenvalue weighted by atomic mass is 10.1. The molecule has 1 aromatic carbocycles. The summed E-state index contributed by atoms with van der Waals surface area (Å²) in [6, 6.07) is 7.16. The van der Waals surface area contributed by atoms with Crippen LogP contribution in [0.4, 0.5) is 36.7 Å². The average Bonchev–Trinajstić information content (AvgIpc) is 3.06. The summed E-state index contributed by atoms with van der Waals surface area (Å²) in [5.74, 6) is 0.707. The normalized spacial score (nSPS) is 19.1. The van der Waals surface area contributed by atoms with Crippen LogP contribution in [0.25, 0.3) is 0 Å². The number of nitrogens with zero attached hydrogens (tertiary/aromatic N) is 5. The Morgan fingerprint density at radius 3 is 2.51 bits per heavy atom. The number of ether oxygens (including phenoxy) is 1. The Kier molecular flexibility index (Phi) is 7.61. The van der Waals surface area contributed by atoms with Crippen LogP contribution in [0.5, 0.6) is 5.75 Å². The van der Waals surface area contributed by atoms with E-state index in [1.54, 1.807) is 7.11 Å². The Bertz CT molecular complexity index is 1010. The number of anilines is 4. The van der Waals surface area contributed by atoms with Gasteiger partial charge in [0.2, 0.25) is 23.8 Å². The zero-order valence-corrected chi connectivity index (χ0v) is 19.4. The number of methoxy groups -OCH3 is 1. The summed E-state index contributed by atoms with van der Waals surface area (Å²) in [4.78, 5) is 29.2. The summed E-state index contributed by atoms with van der Waals surface area (Å²) >= 11 is 0. The van der Waals surface area contributed by atoms with E-state index in [0.29, 0.717) is 39.1 Å². The number of para-hydroxylation sites is 2. The van der Waals surface area contributed by atoms with Crippen molar-refractivity contribution in [3.05, 3.63) is 24.3 Å². The first-order chi connectivity index (χ1) is 16.8. The Morgan fingerprint density at radius 1 is 1.06 bits per heavy atom. The van der Waals surface area contributed by atoms with Gasteiger partial charge in [0.1, 0.15) is 18.3 Å². The van der Waals surface area contributed by atoms with E-state index in [1.165, 1.54) is 0 Å². The van der Waals surface area contributed by atoms with Crippen LogP contribution in [0, 0.1) is 0 Å². The molecule has 4 rings (SSSR count). The van der Waals surface area contributed by atoms with Crippen LogP contribution in [0.15, 0.2) is 24.3 Å². The molecule has 2 aromatic rings. The highest BCUT2D eigenvalue weighted by molar-refractivity contribution is 5.84. The van der Waals surface area contributed by atoms with Gasteiger partial charge in [-0.25, -0.2) is 0 Å². The van der Waals surface area contributed by atoms with Crippen molar-refractivity contribution in [2.45, 2.75) is 31.5 Å². The van der Waals surface area contributed by atoms with Crippen LogP contribution in [0.2, 0.25) is 0 Å². The number of carbonyl (C=O) groups excluding carboxylic acids is 1. The predicted molar refractivity (Wildman–Crippen MR) is 126 cm³/mol. The second-order valence-corrected chi connectivity index (χ2v) is 8.38. The first kappa shape index (κ1) is 24.6. The van der Waals surface area contributed by atoms with E-state index in [2.05, 4.69) is 35.8 Å². The first-order valence-electron chi connectivity index (χ1n) is 11.6. The standard InChI is InChI=1S/C22H29F3N8O2/c1-35-17-8-3-2-7-16(17)32-10-12-33(13-11-32)21-30-19(27-14-22(23,24)25)29-20(31-21)28-15-6-4-5-9-26-18(15)34/h2-3,7-8,15H,4-6,9-14H2,1H3,(H,26,34)(H2,27,28,29,30,31). The molecule has 2 saturated heterocycles. The van der Waals surface area contributed by atoms with E-state index in [9.17, 15) is 18.0 Å². The van der Waals surface area contributed by atoms with Crippen molar-refractivity contribution < 1.29 is 22.7 Å². The van der Waals surface area contributed by atoms with E-state index in [1.807, 2.05) is 29.2 Å². The molecule has 1 aromatic heterocycles. The molecule has 0 radical (unpaired) electrons. The Morgan fingerprint density at radius 2 is 1.77 bits per heavy atom. The number of amides is 1. The Balaban J connectivity index is 1.51. The van der Waals surface area contributed by atoms with Crippen LogP contribution < -0.4 is 30.5 Å². The molecule has 13 heteroatoms.